The summed E-state index contributed by atoms with van der Waals surface area (Å²) in [6, 6.07) is 14.7. The Balaban J connectivity index is 2.02. The van der Waals surface area contributed by atoms with Gasteiger partial charge in [0.1, 0.15) is 11.2 Å². The lowest BCUT2D eigenvalue weighted by atomic mass is 10.0. The molecule has 0 unspecified atom stereocenters. The summed E-state index contributed by atoms with van der Waals surface area (Å²) in [6.07, 6.45) is 3.33. The summed E-state index contributed by atoms with van der Waals surface area (Å²) in [6.45, 7) is 0.775. The first-order chi connectivity index (χ1) is 8.88. The summed E-state index contributed by atoms with van der Waals surface area (Å²) < 4.78 is 5.81. The SMILES string of the molecule is NCCCCc1ccc2oc3ccccc3c2c1. The fraction of sp³-hybridized carbons (Fsp3) is 0.250. The maximum absolute atomic E-state index is 5.81. The van der Waals surface area contributed by atoms with E-state index in [1.165, 1.54) is 16.3 Å². The molecule has 92 valence electrons. The lowest BCUT2D eigenvalue weighted by Gasteiger charge is -2.00. The van der Waals surface area contributed by atoms with Gasteiger partial charge in [-0.3, -0.25) is 0 Å². The van der Waals surface area contributed by atoms with E-state index in [0.717, 1.165) is 37.0 Å². The van der Waals surface area contributed by atoms with Crippen LogP contribution < -0.4 is 5.73 Å². The number of benzene rings is 2. The van der Waals surface area contributed by atoms with Gasteiger partial charge >= 0.3 is 0 Å². The van der Waals surface area contributed by atoms with Crippen molar-refractivity contribution in [2.45, 2.75) is 19.3 Å². The molecule has 2 aromatic carbocycles. The lowest BCUT2D eigenvalue weighted by Crippen LogP contribution is -1.98. The van der Waals surface area contributed by atoms with Gasteiger partial charge in [-0.25, -0.2) is 0 Å². The molecule has 0 aliphatic carbocycles. The fourth-order valence-corrected chi connectivity index (χ4v) is 2.40. The minimum absolute atomic E-state index is 0.775. The van der Waals surface area contributed by atoms with E-state index in [1.807, 2.05) is 12.1 Å². The fourth-order valence-electron chi connectivity index (χ4n) is 2.40. The molecule has 1 heterocycles. The summed E-state index contributed by atoms with van der Waals surface area (Å²) in [7, 11) is 0. The molecule has 3 rings (SSSR count). The summed E-state index contributed by atoms with van der Waals surface area (Å²) >= 11 is 0. The van der Waals surface area contributed by atoms with E-state index >= 15 is 0 Å². The quantitative estimate of drug-likeness (QED) is 0.702. The van der Waals surface area contributed by atoms with Crippen LogP contribution in [0.25, 0.3) is 21.9 Å². The third kappa shape index (κ3) is 2.00. The second kappa shape index (κ2) is 4.83. The Kier molecular flexibility index (Phi) is 3.03. The molecule has 2 N–H and O–H groups in total. The molecule has 0 bridgehead atoms. The molecule has 0 saturated heterocycles. The molecular weight excluding hydrogens is 222 g/mol. The van der Waals surface area contributed by atoms with E-state index in [9.17, 15) is 0 Å². The van der Waals surface area contributed by atoms with Gasteiger partial charge in [-0.05, 0) is 49.6 Å². The first kappa shape index (κ1) is 11.3. The highest BCUT2D eigenvalue weighted by Crippen LogP contribution is 2.29. The van der Waals surface area contributed by atoms with Gasteiger partial charge in [-0.1, -0.05) is 24.3 Å². The number of fused-ring (bicyclic) bond motifs is 3. The van der Waals surface area contributed by atoms with Gasteiger partial charge < -0.3 is 10.2 Å². The molecule has 2 nitrogen and oxygen atoms in total. The Bertz CT molecular complexity index is 669. The van der Waals surface area contributed by atoms with Crippen LogP contribution in [-0.2, 0) is 6.42 Å². The maximum atomic E-state index is 5.81. The molecule has 0 spiro atoms. The Morgan fingerprint density at radius 3 is 2.61 bits per heavy atom. The number of furan rings is 1. The van der Waals surface area contributed by atoms with Crippen LogP contribution in [0.2, 0.25) is 0 Å². The van der Waals surface area contributed by atoms with Crippen LogP contribution in [0.15, 0.2) is 46.9 Å². The highest BCUT2D eigenvalue weighted by molar-refractivity contribution is 6.04. The number of aryl methyl sites for hydroxylation is 1. The van der Waals surface area contributed by atoms with Crippen LogP contribution in [-0.4, -0.2) is 6.54 Å². The van der Waals surface area contributed by atoms with E-state index in [1.54, 1.807) is 0 Å². The van der Waals surface area contributed by atoms with Gasteiger partial charge in [-0.2, -0.15) is 0 Å². The zero-order chi connectivity index (χ0) is 12.4. The Hall–Kier alpha value is -1.80. The Morgan fingerprint density at radius 1 is 0.889 bits per heavy atom. The average molecular weight is 239 g/mol. The largest absolute Gasteiger partial charge is 0.456 e. The van der Waals surface area contributed by atoms with Crippen LogP contribution in [0.4, 0.5) is 0 Å². The molecule has 0 saturated carbocycles. The molecule has 0 radical (unpaired) electrons. The van der Waals surface area contributed by atoms with Crippen molar-refractivity contribution in [1.29, 1.82) is 0 Å². The predicted molar refractivity (Wildman–Crippen MR) is 75.7 cm³/mol. The number of para-hydroxylation sites is 1. The maximum Gasteiger partial charge on any atom is 0.135 e. The van der Waals surface area contributed by atoms with E-state index in [2.05, 4.69) is 30.3 Å². The molecular formula is C16H17NO. The molecule has 0 fully saturated rings. The second-order valence-electron chi connectivity index (χ2n) is 4.67. The zero-order valence-electron chi connectivity index (χ0n) is 10.4. The average Bonchev–Trinajstić information content (AvgIpc) is 2.77. The number of unbranched alkanes of at least 4 members (excludes halogenated alkanes) is 1. The third-order valence-electron chi connectivity index (χ3n) is 3.36. The molecule has 0 atom stereocenters. The van der Waals surface area contributed by atoms with E-state index in [0.29, 0.717) is 0 Å². The molecule has 0 aliphatic heterocycles. The second-order valence-corrected chi connectivity index (χ2v) is 4.67. The van der Waals surface area contributed by atoms with Crippen LogP contribution in [0.5, 0.6) is 0 Å². The van der Waals surface area contributed by atoms with E-state index < -0.39 is 0 Å². The molecule has 0 amide bonds. The van der Waals surface area contributed by atoms with Crippen molar-refractivity contribution in [3.63, 3.8) is 0 Å². The molecule has 3 aromatic rings. The number of hydrogen-bond donors (Lipinski definition) is 1. The van der Waals surface area contributed by atoms with Crippen molar-refractivity contribution in [2.24, 2.45) is 5.73 Å². The summed E-state index contributed by atoms with van der Waals surface area (Å²) in [4.78, 5) is 0. The van der Waals surface area contributed by atoms with Gasteiger partial charge in [-0.15, -0.1) is 0 Å². The van der Waals surface area contributed by atoms with Crippen molar-refractivity contribution in [3.05, 3.63) is 48.0 Å². The molecule has 0 aliphatic rings. The van der Waals surface area contributed by atoms with Crippen LogP contribution >= 0.6 is 0 Å². The van der Waals surface area contributed by atoms with Gasteiger partial charge in [0.05, 0.1) is 0 Å². The number of rotatable bonds is 4. The monoisotopic (exact) mass is 239 g/mol. The van der Waals surface area contributed by atoms with Crippen molar-refractivity contribution in [2.75, 3.05) is 6.54 Å². The van der Waals surface area contributed by atoms with Gasteiger partial charge in [0, 0.05) is 10.8 Å². The van der Waals surface area contributed by atoms with Crippen LogP contribution in [0.1, 0.15) is 18.4 Å². The predicted octanol–water partition coefficient (Wildman–Crippen LogP) is 3.87. The smallest absolute Gasteiger partial charge is 0.135 e. The molecule has 1 aromatic heterocycles. The van der Waals surface area contributed by atoms with Gasteiger partial charge in [0.25, 0.3) is 0 Å². The third-order valence-corrected chi connectivity index (χ3v) is 3.36. The van der Waals surface area contributed by atoms with Crippen molar-refractivity contribution < 1.29 is 4.42 Å². The minimum atomic E-state index is 0.775. The van der Waals surface area contributed by atoms with Crippen molar-refractivity contribution in [1.82, 2.24) is 0 Å². The van der Waals surface area contributed by atoms with E-state index in [-0.39, 0.29) is 0 Å². The Morgan fingerprint density at radius 2 is 1.72 bits per heavy atom. The first-order valence-electron chi connectivity index (χ1n) is 6.49. The summed E-state index contributed by atoms with van der Waals surface area (Å²) in [5.41, 5.74) is 8.83. The van der Waals surface area contributed by atoms with E-state index in [4.69, 9.17) is 10.2 Å². The summed E-state index contributed by atoms with van der Waals surface area (Å²) in [5, 5.41) is 2.42. The molecule has 2 heteroatoms. The topological polar surface area (TPSA) is 39.2 Å². The highest BCUT2D eigenvalue weighted by atomic mass is 16.3. The first-order valence-corrected chi connectivity index (χ1v) is 6.49. The number of nitrogens with two attached hydrogens (primary N) is 1. The summed E-state index contributed by atoms with van der Waals surface area (Å²) in [5.74, 6) is 0. The van der Waals surface area contributed by atoms with Crippen LogP contribution in [0.3, 0.4) is 0 Å². The van der Waals surface area contributed by atoms with Crippen LogP contribution in [0, 0.1) is 0 Å². The normalized spacial score (nSPS) is 11.4. The van der Waals surface area contributed by atoms with Gasteiger partial charge in [0.15, 0.2) is 0 Å². The standard InChI is InChI=1S/C16H17NO/c17-10-4-3-5-12-8-9-16-14(11-12)13-6-1-2-7-15(13)18-16/h1-2,6-9,11H,3-5,10,17H2. The molecule has 18 heavy (non-hydrogen) atoms. The van der Waals surface area contributed by atoms with Crippen molar-refractivity contribution in [3.8, 4) is 0 Å². The minimum Gasteiger partial charge on any atom is -0.456 e. The number of hydrogen-bond acceptors (Lipinski definition) is 2. The Labute approximate surface area is 106 Å². The van der Waals surface area contributed by atoms with Gasteiger partial charge in [0.2, 0.25) is 0 Å². The highest BCUT2D eigenvalue weighted by Gasteiger charge is 2.06. The lowest BCUT2D eigenvalue weighted by molar-refractivity contribution is 0.668. The zero-order valence-corrected chi connectivity index (χ0v) is 10.4. The van der Waals surface area contributed by atoms with Crippen molar-refractivity contribution >= 4 is 21.9 Å².